The van der Waals surface area contributed by atoms with Crippen LogP contribution in [0.15, 0.2) is 60.2 Å². The van der Waals surface area contributed by atoms with Gasteiger partial charge in [-0.15, -0.1) is 0 Å². The van der Waals surface area contributed by atoms with Crippen molar-refractivity contribution in [1.29, 1.82) is 5.26 Å². The summed E-state index contributed by atoms with van der Waals surface area (Å²) in [5.74, 6) is 0.153. The van der Waals surface area contributed by atoms with Crippen molar-refractivity contribution in [2.75, 3.05) is 31.0 Å². The molecule has 3 rings (SSSR count). The van der Waals surface area contributed by atoms with Crippen molar-refractivity contribution in [3.63, 3.8) is 0 Å². The van der Waals surface area contributed by atoms with Crippen molar-refractivity contribution in [2.24, 2.45) is 0 Å². The monoisotopic (exact) mass is 533 g/mol. The molecular formula is C29H28ClN3O5. The number of nitrogens with one attached hydrogen (secondary N) is 2. The number of benzene rings is 3. The standard InChI is InChI=1S/C29H28ClN3O5/c1-5-37-26-15-20(13-21(16-31)29(35)32-22-7-9-23(36-4)10-8-22)14-24(30)28(26)38-17-27(34)33-25-11-6-18(2)12-19(25)3/h6-15H,5,17H2,1-4H3,(H,32,35)(H,33,34)/b21-13-. The summed E-state index contributed by atoms with van der Waals surface area (Å²) < 4.78 is 16.5. The summed E-state index contributed by atoms with van der Waals surface area (Å²) >= 11 is 6.46. The summed E-state index contributed by atoms with van der Waals surface area (Å²) in [6.45, 7) is 5.68. The third kappa shape index (κ3) is 7.51. The van der Waals surface area contributed by atoms with E-state index in [4.69, 9.17) is 25.8 Å². The van der Waals surface area contributed by atoms with E-state index in [0.29, 0.717) is 29.3 Å². The van der Waals surface area contributed by atoms with Gasteiger partial charge in [0.05, 0.1) is 18.7 Å². The summed E-state index contributed by atoms with van der Waals surface area (Å²) in [6.07, 6.45) is 1.39. The number of nitrogens with zero attached hydrogens (tertiary/aromatic N) is 1. The minimum Gasteiger partial charge on any atom is -0.497 e. The molecule has 8 nitrogen and oxygen atoms in total. The number of amides is 2. The SMILES string of the molecule is CCOc1cc(/C=C(/C#N)C(=O)Nc2ccc(OC)cc2)cc(Cl)c1OCC(=O)Nc1ccc(C)cc1C. The quantitative estimate of drug-likeness (QED) is 0.247. The molecule has 2 N–H and O–H groups in total. The molecule has 0 saturated heterocycles. The van der Waals surface area contributed by atoms with E-state index in [1.165, 1.54) is 12.1 Å². The Labute approximate surface area is 226 Å². The van der Waals surface area contributed by atoms with Gasteiger partial charge in [0, 0.05) is 11.4 Å². The number of hydrogen-bond donors (Lipinski definition) is 2. The van der Waals surface area contributed by atoms with Crippen molar-refractivity contribution < 1.29 is 23.8 Å². The van der Waals surface area contributed by atoms with E-state index >= 15 is 0 Å². The second-order valence-electron chi connectivity index (χ2n) is 8.27. The molecule has 0 aliphatic heterocycles. The lowest BCUT2D eigenvalue weighted by Crippen LogP contribution is -2.21. The predicted octanol–water partition coefficient (Wildman–Crippen LogP) is 5.93. The average Bonchev–Trinajstić information content (AvgIpc) is 2.89. The number of halogens is 1. The van der Waals surface area contributed by atoms with Crippen molar-refractivity contribution in [1.82, 2.24) is 0 Å². The molecule has 0 radical (unpaired) electrons. The molecule has 0 spiro atoms. The highest BCUT2D eigenvalue weighted by molar-refractivity contribution is 6.32. The van der Waals surface area contributed by atoms with Crippen LogP contribution in [0.1, 0.15) is 23.6 Å². The zero-order chi connectivity index (χ0) is 27.7. The lowest BCUT2D eigenvalue weighted by atomic mass is 10.1. The molecule has 3 aromatic rings. The maximum absolute atomic E-state index is 12.7. The Morgan fingerprint density at radius 3 is 2.39 bits per heavy atom. The van der Waals surface area contributed by atoms with Crippen LogP contribution in [0.5, 0.6) is 17.2 Å². The minimum atomic E-state index is -0.588. The zero-order valence-corrected chi connectivity index (χ0v) is 22.3. The lowest BCUT2D eigenvalue weighted by Gasteiger charge is -2.15. The predicted molar refractivity (Wildman–Crippen MR) is 148 cm³/mol. The van der Waals surface area contributed by atoms with E-state index in [0.717, 1.165) is 11.1 Å². The fourth-order valence-corrected chi connectivity index (χ4v) is 3.81. The van der Waals surface area contributed by atoms with Crippen LogP contribution in [0.2, 0.25) is 5.02 Å². The van der Waals surface area contributed by atoms with Crippen LogP contribution in [0.3, 0.4) is 0 Å². The average molecular weight is 534 g/mol. The van der Waals surface area contributed by atoms with Crippen LogP contribution in [0.4, 0.5) is 11.4 Å². The van der Waals surface area contributed by atoms with Gasteiger partial charge in [0.25, 0.3) is 11.8 Å². The highest BCUT2D eigenvalue weighted by Crippen LogP contribution is 2.37. The van der Waals surface area contributed by atoms with Crippen LogP contribution in [-0.2, 0) is 9.59 Å². The topological polar surface area (TPSA) is 110 Å². The largest absolute Gasteiger partial charge is 0.497 e. The number of hydrogen-bond acceptors (Lipinski definition) is 6. The summed E-state index contributed by atoms with van der Waals surface area (Å²) in [5, 5.41) is 15.2. The number of carbonyl (C=O) groups is 2. The van der Waals surface area contributed by atoms with Crippen LogP contribution in [-0.4, -0.2) is 32.1 Å². The Hall–Kier alpha value is -4.48. The number of nitriles is 1. The number of aryl methyl sites for hydroxylation is 2. The number of anilines is 2. The Morgan fingerprint density at radius 2 is 1.76 bits per heavy atom. The van der Waals surface area contributed by atoms with Crippen molar-refractivity contribution >= 4 is 40.9 Å². The lowest BCUT2D eigenvalue weighted by molar-refractivity contribution is -0.118. The van der Waals surface area contributed by atoms with Gasteiger partial charge in [-0.2, -0.15) is 5.26 Å². The molecule has 0 heterocycles. The summed E-state index contributed by atoms with van der Waals surface area (Å²) in [5.41, 5.74) is 3.54. The number of rotatable bonds is 10. The Bertz CT molecular complexity index is 1390. The Morgan fingerprint density at radius 1 is 1.03 bits per heavy atom. The maximum atomic E-state index is 12.7. The smallest absolute Gasteiger partial charge is 0.266 e. The molecule has 0 fully saturated rings. The van der Waals surface area contributed by atoms with Gasteiger partial charge in [-0.25, -0.2) is 0 Å². The van der Waals surface area contributed by atoms with Gasteiger partial charge in [0.15, 0.2) is 18.1 Å². The van der Waals surface area contributed by atoms with Crippen LogP contribution < -0.4 is 24.8 Å². The maximum Gasteiger partial charge on any atom is 0.266 e. The minimum absolute atomic E-state index is 0.138. The first-order valence-electron chi connectivity index (χ1n) is 11.8. The van der Waals surface area contributed by atoms with E-state index in [1.807, 2.05) is 38.1 Å². The van der Waals surface area contributed by atoms with E-state index in [1.54, 1.807) is 44.4 Å². The van der Waals surface area contributed by atoms with Crippen molar-refractivity contribution in [3.05, 3.63) is 81.9 Å². The van der Waals surface area contributed by atoms with Crippen LogP contribution in [0.25, 0.3) is 6.08 Å². The highest BCUT2D eigenvalue weighted by Gasteiger charge is 2.16. The second kappa shape index (κ2) is 13.2. The van der Waals surface area contributed by atoms with Gasteiger partial charge >= 0.3 is 0 Å². The fourth-order valence-electron chi connectivity index (χ4n) is 3.54. The molecule has 0 bridgehead atoms. The summed E-state index contributed by atoms with van der Waals surface area (Å²) in [4.78, 5) is 25.2. The zero-order valence-electron chi connectivity index (χ0n) is 21.6. The summed E-state index contributed by atoms with van der Waals surface area (Å²) in [7, 11) is 1.54. The van der Waals surface area contributed by atoms with Crippen LogP contribution >= 0.6 is 11.6 Å². The molecular weight excluding hydrogens is 506 g/mol. The normalized spacial score (nSPS) is 10.8. The molecule has 196 valence electrons. The van der Waals surface area contributed by atoms with Gasteiger partial charge in [-0.1, -0.05) is 29.3 Å². The summed E-state index contributed by atoms with van der Waals surface area (Å²) in [6, 6.07) is 17.5. The molecule has 3 aromatic carbocycles. The van der Waals surface area contributed by atoms with Gasteiger partial charge in [0.2, 0.25) is 0 Å². The first-order chi connectivity index (χ1) is 18.2. The van der Waals surface area contributed by atoms with E-state index in [9.17, 15) is 14.9 Å². The van der Waals surface area contributed by atoms with Gasteiger partial charge in [-0.3, -0.25) is 9.59 Å². The van der Waals surface area contributed by atoms with Crippen LogP contribution in [0, 0.1) is 25.2 Å². The van der Waals surface area contributed by atoms with Gasteiger partial charge in [-0.05, 0) is 80.4 Å². The van der Waals surface area contributed by atoms with Gasteiger partial charge < -0.3 is 24.8 Å². The highest BCUT2D eigenvalue weighted by atomic mass is 35.5. The third-order valence-corrected chi connectivity index (χ3v) is 5.64. The molecule has 9 heteroatoms. The van der Waals surface area contributed by atoms with E-state index in [-0.39, 0.29) is 34.6 Å². The van der Waals surface area contributed by atoms with Gasteiger partial charge in [0.1, 0.15) is 17.4 Å². The molecule has 2 amide bonds. The molecule has 0 unspecified atom stereocenters. The molecule has 0 aliphatic carbocycles. The molecule has 0 saturated carbocycles. The first-order valence-corrected chi connectivity index (χ1v) is 12.1. The second-order valence-corrected chi connectivity index (χ2v) is 8.68. The third-order valence-electron chi connectivity index (χ3n) is 5.36. The molecule has 0 atom stereocenters. The van der Waals surface area contributed by atoms with E-state index < -0.39 is 5.91 Å². The number of methoxy groups -OCH3 is 1. The number of ether oxygens (including phenoxy) is 3. The Kier molecular flexibility index (Phi) is 9.74. The fraction of sp³-hybridized carbons (Fsp3) is 0.207. The van der Waals surface area contributed by atoms with E-state index in [2.05, 4.69) is 10.6 Å². The molecule has 0 aromatic heterocycles. The Balaban J connectivity index is 1.76. The van der Waals surface area contributed by atoms with Crippen molar-refractivity contribution in [3.8, 4) is 23.3 Å². The molecule has 0 aliphatic rings. The number of carbonyl (C=O) groups excluding carboxylic acids is 2. The van der Waals surface area contributed by atoms with Crippen molar-refractivity contribution in [2.45, 2.75) is 20.8 Å². The molecule has 38 heavy (non-hydrogen) atoms. The first kappa shape index (κ1) is 28.1.